The van der Waals surface area contributed by atoms with E-state index in [0.717, 1.165) is 19.0 Å². The lowest BCUT2D eigenvalue weighted by molar-refractivity contribution is 0.142. The van der Waals surface area contributed by atoms with Crippen LogP contribution in [0.5, 0.6) is 0 Å². The van der Waals surface area contributed by atoms with Gasteiger partial charge in [-0.3, -0.25) is 9.88 Å². The number of thiazole rings is 1. The molecule has 1 fully saturated rings. The number of hydrogen-bond acceptors (Lipinski definition) is 4. The molecule has 0 spiro atoms. The number of hydrogen-bond donors (Lipinski definition) is 1. The Balaban J connectivity index is 1.78. The van der Waals surface area contributed by atoms with Crippen LogP contribution >= 0.6 is 11.3 Å². The maximum atomic E-state index is 4.14. The summed E-state index contributed by atoms with van der Waals surface area (Å²) < 4.78 is 0. The van der Waals surface area contributed by atoms with Gasteiger partial charge in [0, 0.05) is 36.8 Å². The van der Waals surface area contributed by atoms with Crippen LogP contribution in [0.25, 0.3) is 0 Å². The van der Waals surface area contributed by atoms with E-state index in [1.807, 2.05) is 11.7 Å². The number of nitrogens with zero attached hydrogens (tertiary/aromatic N) is 2. The van der Waals surface area contributed by atoms with E-state index in [9.17, 15) is 0 Å². The molecule has 2 atom stereocenters. The molecule has 0 aromatic carbocycles. The van der Waals surface area contributed by atoms with Crippen LogP contribution in [0.15, 0.2) is 11.7 Å². The highest BCUT2D eigenvalue weighted by atomic mass is 32.1. The lowest BCUT2D eigenvalue weighted by atomic mass is 9.93. The van der Waals surface area contributed by atoms with Crippen molar-refractivity contribution in [1.29, 1.82) is 0 Å². The first-order valence-corrected chi connectivity index (χ1v) is 7.50. The summed E-state index contributed by atoms with van der Waals surface area (Å²) in [7, 11) is 0. The van der Waals surface area contributed by atoms with Gasteiger partial charge in [0.25, 0.3) is 0 Å². The highest BCUT2D eigenvalue weighted by Gasteiger charge is 2.25. The fourth-order valence-electron chi connectivity index (χ4n) is 2.55. The third kappa shape index (κ3) is 3.76. The average Bonchev–Trinajstić information content (AvgIpc) is 2.81. The summed E-state index contributed by atoms with van der Waals surface area (Å²) in [4.78, 5) is 8.09. The zero-order valence-electron chi connectivity index (χ0n) is 10.9. The Morgan fingerprint density at radius 1 is 1.59 bits per heavy atom. The Kier molecular flexibility index (Phi) is 4.95. The molecule has 1 aliphatic heterocycles. The van der Waals surface area contributed by atoms with Crippen LogP contribution in [0.4, 0.5) is 0 Å². The highest BCUT2D eigenvalue weighted by molar-refractivity contribution is 7.09. The summed E-state index contributed by atoms with van der Waals surface area (Å²) in [6, 6.07) is 0.715. The van der Waals surface area contributed by atoms with Gasteiger partial charge >= 0.3 is 0 Å². The lowest BCUT2D eigenvalue weighted by Crippen LogP contribution is -2.48. The summed E-state index contributed by atoms with van der Waals surface area (Å²) in [5, 5.41) is 3.66. The summed E-state index contributed by atoms with van der Waals surface area (Å²) >= 11 is 1.76. The molecule has 0 amide bonds. The van der Waals surface area contributed by atoms with Crippen LogP contribution in [0.1, 0.15) is 31.6 Å². The first-order chi connectivity index (χ1) is 8.29. The molecule has 1 aromatic heterocycles. The van der Waals surface area contributed by atoms with Crippen molar-refractivity contribution in [3.8, 4) is 0 Å². The number of likely N-dealkylation sites (tertiary alicyclic amines) is 1. The van der Waals surface area contributed by atoms with Gasteiger partial charge in [0.05, 0.1) is 5.51 Å². The van der Waals surface area contributed by atoms with Gasteiger partial charge in [0.15, 0.2) is 0 Å². The maximum Gasteiger partial charge on any atom is 0.0794 e. The van der Waals surface area contributed by atoms with Crippen molar-refractivity contribution in [3.05, 3.63) is 16.6 Å². The van der Waals surface area contributed by atoms with E-state index in [1.165, 1.54) is 30.8 Å². The molecule has 1 saturated heterocycles. The molecule has 0 saturated carbocycles. The van der Waals surface area contributed by atoms with Crippen LogP contribution in [0.2, 0.25) is 0 Å². The van der Waals surface area contributed by atoms with Crippen molar-refractivity contribution in [2.45, 2.75) is 39.3 Å². The van der Waals surface area contributed by atoms with E-state index in [-0.39, 0.29) is 0 Å². The van der Waals surface area contributed by atoms with Gasteiger partial charge in [0.2, 0.25) is 0 Å². The van der Waals surface area contributed by atoms with E-state index in [1.54, 1.807) is 11.3 Å². The van der Waals surface area contributed by atoms with Gasteiger partial charge in [0.1, 0.15) is 0 Å². The monoisotopic (exact) mass is 253 g/mol. The minimum Gasteiger partial charge on any atom is -0.314 e. The lowest BCUT2D eigenvalue weighted by Gasteiger charge is -2.37. The molecule has 17 heavy (non-hydrogen) atoms. The Bertz CT molecular complexity index is 312. The normalized spacial score (nSPS) is 26.2. The van der Waals surface area contributed by atoms with Gasteiger partial charge in [-0.1, -0.05) is 13.8 Å². The van der Waals surface area contributed by atoms with E-state index in [2.05, 4.69) is 29.0 Å². The molecular weight excluding hydrogens is 230 g/mol. The molecule has 2 rings (SSSR count). The number of piperidine rings is 1. The Hall–Kier alpha value is -0.450. The maximum absolute atomic E-state index is 4.14. The van der Waals surface area contributed by atoms with Gasteiger partial charge in [-0.15, -0.1) is 11.3 Å². The summed E-state index contributed by atoms with van der Waals surface area (Å²) in [5.41, 5.74) is 1.92. The largest absolute Gasteiger partial charge is 0.314 e. The topological polar surface area (TPSA) is 28.2 Å². The molecular formula is C13H23N3S. The minimum absolute atomic E-state index is 0.715. The predicted octanol–water partition coefficient (Wildman–Crippen LogP) is 2.35. The molecule has 0 aliphatic carbocycles. The van der Waals surface area contributed by atoms with E-state index < -0.39 is 0 Å². The van der Waals surface area contributed by atoms with Gasteiger partial charge in [-0.25, -0.2) is 0 Å². The van der Waals surface area contributed by atoms with Gasteiger partial charge in [-0.05, 0) is 25.3 Å². The van der Waals surface area contributed by atoms with Crippen LogP contribution in [-0.2, 0) is 6.54 Å². The molecule has 2 unspecified atom stereocenters. The van der Waals surface area contributed by atoms with Crippen molar-refractivity contribution in [1.82, 2.24) is 15.2 Å². The molecule has 1 aliphatic rings. The predicted molar refractivity (Wildman–Crippen MR) is 73.3 cm³/mol. The fraction of sp³-hybridized carbons (Fsp3) is 0.769. The van der Waals surface area contributed by atoms with Crippen LogP contribution < -0.4 is 5.32 Å². The second kappa shape index (κ2) is 6.47. The quantitative estimate of drug-likeness (QED) is 0.873. The molecule has 0 radical (unpaired) electrons. The molecule has 1 N–H and O–H groups in total. The third-order valence-corrected chi connectivity index (χ3v) is 4.27. The molecule has 0 bridgehead atoms. The Labute approximate surface area is 108 Å². The van der Waals surface area contributed by atoms with Crippen LogP contribution in [0, 0.1) is 5.92 Å². The molecule has 2 heterocycles. The highest BCUT2D eigenvalue weighted by Crippen LogP contribution is 2.19. The molecule has 1 aromatic rings. The molecule has 4 heteroatoms. The summed E-state index contributed by atoms with van der Waals surface area (Å²) in [5.74, 6) is 0.753. The summed E-state index contributed by atoms with van der Waals surface area (Å²) in [6.45, 7) is 9.25. The van der Waals surface area contributed by atoms with Crippen molar-refractivity contribution in [3.63, 3.8) is 0 Å². The standard InChI is InChI=1S/C13H23N3S/c1-3-5-15-13-4-6-16(8-11(13)2)9-12-7-14-10-17-12/h7,10-11,13,15H,3-6,8-9H2,1-2H3. The van der Waals surface area contributed by atoms with E-state index in [0.29, 0.717) is 6.04 Å². The number of rotatable bonds is 5. The molecule has 3 nitrogen and oxygen atoms in total. The van der Waals surface area contributed by atoms with Crippen LogP contribution in [0.3, 0.4) is 0 Å². The first-order valence-electron chi connectivity index (χ1n) is 6.62. The van der Waals surface area contributed by atoms with Crippen LogP contribution in [-0.4, -0.2) is 35.6 Å². The second-order valence-corrected chi connectivity index (χ2v) is 6.00. The minimum atomic E-state index is 0.715. The Morgan fingerprint density at radius 3 is 3.12 bits per heavy atom. The molecule has 96 valence electrons. The van der Waals surface area contributed by atoms with E-state index >= 15 is 0 Å². The van der Waals surface area contributed by atoms with E-state index in [4.69, 9.17) is 0 Å². The van der Waals surface area contributed by atoms with Crippen molar-refractivity contribution in [2.75, 3.05) is 19.6 Å². The average molecular weight is 253 g/mol. The zero-order chi connectivity index (χ0) is 12.1. The smallest absolute Gasteiger partial charge is 0.0794 e. The first kappa shape index (κ1) is 13.0. The zero-order valence-corrected chi connectivity index (χ0v) is 11.7. The van der Waals surface area contributed by atoms with Gasteiger partial charge < -0.3 is 5.32 Å². The van der Waals surface area contributed by atoms with Crippen molar-refractivity contribution < 1.29 is 0 Å². The SMILES string of the molecule is CCCNC1CCN(Cc2cncs2)CC1C. The van der Waals surface area contributed by atoms with Gasteiger partial charge in [-0.2, -0.15) is 0 Å². The summed E-state index contributed by atoms with van der Waals surface area (Å²) in [6.07, 6.45) is 4.50. The van der Waals surface area contributed by atoms with Crippen molar-refractivity contribution >= 4 is 11.3 Å². The third-order valence-electron chi connectivity index (χ3n) is 3.51. The fourth-order valence-corrected chi connectivity index (χ4v) is 3.19. The number of nitrogens with one attached hydrogen (secondary N) is 1. The second-order valence-electron chi connectivity index (χ2n) is 5.03. The number of aromatic nitrogens is 1. The van der Waals surface area contributed by atoms with Crippen molar-refractivity contribution in [2.24, 2.45) is 5.92 Å². The Morgan fingerprint density at radius 2 is 2.47 bits per heavy atom.